The standard InChI is InChI=1S/C53H35N5O.Pd/c1-30-12-9-13-31(2)49(30)40-28-39-37-24-22-35(59-34-21-23-36-38-16-11-25-54-51(38)58-47-20-8-6-18-45(47)56-53(58)42(36)26-34)27-43(37)52-55-44-17-5-7-19-46(44)57(52)48(39)29-41(40)50-32(3)14-10-15-33(50)4;/h5-25,28-29H,1-4H3;/q-2;+2. The number of aromatic nitrogens is 5. The average Bonchev–Trinajstić information content (AvgIpc) is 3.84. The molecule has 288 valence electrons. The summed E-state index contributed by atoms with van der Waals surface area (Å²) in [5, 5.41) is 5.98. The summed E-state index contributed by atoms with van der Waals surface area (Å²) in [7, 11) is 0. The summed E-state index contributed by atoms with van der Waals surface area (Å²) < 4.78 is 11.1. The minimum atomic E-state index is 0. The molecule has 0 N–H and O–H groups in total. The van der Waals surface area contributed by atoms with Gasteiger partial charge in [0.2, 0.25) is 0 Å². The van der Waals surface area contributed by atoms with E-state index in [2.05, 4.69) is 140 Å². The SMILES string of the molecule is Cc1cccc(C)c1-c1cc2c3ccc(Oc4[c-]c5c(cc4)c4cccnc4n4c6ccccc6nc54)[c-]c3c3nc4ccccc4n3c2cc1-c1c(C)cccc1C.[Pd+2]. The number of nitrogens with zero attached hydrogens (tertiary/aromatic N) is 5. The Morgan fingerprint density at radius 1 is 0.450 bits per heavy atom. The van der Waals surface area contributed by atoms with Gasteiger partial charge in [0.05, 0.1) is 33.4 Å². The molecule has 0 aliphatic carbocycles. The Bertz CT molecular complexity index is 3730. The van der Waals surface area contributed by atoms with Crippen LogP contribution in [0, 0.1) is 39.8 Å². The number of hydrogen-bond acceptors (Lipinski definition) is 4. The van der Waals surface area contributed by atoms with Crippen molar-refractivity contribution in [3.63, 3.8) is 0 Å². The van der Waals surface area contributed by atoms with Crippen molar-refractivity contribution in [1.82, 2.24) is 23.8 Å². The molecule has 0 spiro atoms. The van der Waals surface area contributed by atoms with E-state index in [1.807, 2.05) is 48.7 Å². The Labute approximate surface area is 359 Å². The molecule has 5 aromatic heterocycles. The predicted molar refractivity (Wildman–Crippen MR) is 241 cm³/mol. The molecule has 6 nitrogen and oxygen atoms in total. The van der Waals surface area contributed by atoms with E-state index in [0.717, 1.165) is 76.8 Å². The summed E-state index contributed by atoms with van der Waals surface area (Å²) in [6, 6.07) is 54.1. The Hall–Kier alpha value is -6.91. The molecule has 5 heterocycles. The predicted octanol–water partition coefficient (Wildman–Crippen LogP) is 13.3. The minimum absolute atomic E-state index is 0. The molecule has 12 rings (SSSR count). The normalized spacial score (nSPS) is 11.9. The molecule has 7 heteroatoms. The molecule has 0 bridgehead atoms. The van der Waals surface area contributed by atoms with E-state index in [0.29, 0.717) is 11.5 Å². The first kappa shape index (κ1) is 36.2. The van der Waals surface area contributed by atoms with Crippen LogP contribution in [0.5, 0.6) is 11.5 Å². The van der Waals surface area contributed by atoms with Crippen LogP contribution in [0.2, 0.25) is 0 Å². The third kappa shape index (κ3) is 5.26. The largest absolute Gasteiger partial charge is 2.00 e. The van der Waals surface area contributed by atoms with Gasteiger partial charge in [-0.15, -0.1) is 12.1 Å². The molecular weight excluding hydrogens is 829 g/mol. The third-order valence-electron chi connectivity index (χ3n) is 12.1. The number of hydrogen-bond donors (Lipinski definition) is 0. The van der Waals surface area contributed by atoms with Crippen molar-refractivity contribution >= 4 is 76.8 Å². The molecule has 0 saturated carbocycles. The van der Waals surface area contributed by atoms with E-state index in [4.69, 9.17) is 19.7 Å². The molecule has 0 saturated heterocycles. The van der Waals surface area contributed by atoms with Crippen molar-refractivity contribution in [3.05, 3.63) is 174 Å². The number of benzene rings is 7. The fraction of sp³-hybridized carbons (Fsp3) is 0.0755. The molecule has 0 unspecified atom stereocenters. The van der Waals surface area contributed by atoms with Crippen LogP contribution >= 0.6 is 0 Å². The maximum atomic E-state index is 6.69. The van der Waals surface area contributed by atoms with Gasteiger partial charge in [-0.2, -0.15) is 0 Å². The zero-order valence-corrected chi connectivity index (χ0v) is 34.8. The number of imidazole rings is 2. The smallest absolute Gasteiger partial charge is 0.497 e. The summed E-state index contributed by atoms with van der Waals surface area (Å²) in [4.78, 5) is 15.1. The van der Waals surface area contributed by atoms with Crippen LogP contribution in [0.1, 0.15) is 22.3 Å². The van der Waals surface area contributed by atoms with Gasteiger partial charge in [-0.1, -0.05) is 119 Å². The van der Waals surface area contributed by atoms with Crippen LogP contribution in [0.3, 0.4) is 0 Å². The second kappa shape index (κ2) is 13.6. The number of ether oxygens (including phenoxy) is 1. The maximum absolute atomic E-state index is 6.69. The summed E-state index contributed by atoms with van der Waals surface area (Å²) in [5.74, 6) is 1.15. The van der Waals surface area contributed by atoms with Gasteiger partial charge in [0.25, 0.3) is 0 Å². The summed E-state index contributed by atoms with van der Waals surface area (Å²) >= 11 is 0. The summed E-state index contributed by atoms with van der Waals surface area (Å²) in [6.45, 7) is 8.86. The first-order valence-corrected chi connectivity index (χ1v) is 20.0. The van der Waals surface area contributed by atoms with E-state index >= 15 is 0 Å². The van der Waals surface area contributed by atoms with Gasteiger partial charge in [0.1, 0.15) is 5.65 Å². The second-order valence-corrected chi connectivity index (χ2v) is 15.7. The van der Waals surface area contributed by atoms with Crippen LogP contribution < -0.4 is 4.74 Å². The van der Waals surface area contributed by atoms with E-state index in [1.54, 1.807) is 0 Å². The van der Waals surface area contributed by atoms with Gasteiger partial charge in [-0.25, -0.2) is 4.98 Å². The molecule has 12 aromatic rings. The Morgan fingerprint density at radius 2 is 0.967 bits per heavy atom. The zero-order chi connectivity index (χ0) is 39.5. The van der Waals surface area contributed by atoms with Crippen LogP contribution in [0.15, 0.2) is 140 Å². The van der Waals surface area contributed by atoms with Gasteiger partial charge in [-0.3, -0.25) is 9.97 Å². The van der Waals surface area contributed by atoms with E-state index in [-0.39, 0.29) is 20.4 Å². The number of para-hydroxylation sites is 4. The van der Waals surface area contributed by atoms with Crippen LogP contribution in [-0.4, -0.2) is 23.8 Å². The molecule has 7 aromatic carbocycles. The maximum Gasteiger partial charge on any atom is 2.00 e. The summed E-state index contributed by atoms with van der Waals surface area (Å²) in [6.07, 6.45) is 1.83. The van der Waals surface area contributed by atoms with Crippen LogP contribution in [-0.2, 0) is 20.4 Å². The first-order chi connectivity index (χ1) is 28.9. The van der Waals surface area contributed by atoms with Crippen molar-refractivity contribution in [3.8, 4) is 33.8 Å². The van der Waals surface area contributed by atoms with Gasteiger partial charge in [-0.05, 0) is 119 Å². The second-order valence-electron chi connectivity index (χ2n) is 15.7. The topological polar surface area (TPSA) is 56.7 Å². The molecule has 0 atom stereocenters. The van der Waals surface area contributed by atoms with Gasteiger partial charge >= 0.3 is 20.4 Å². The number of rotatable bonds is 4. The number of fused-ring (bicyclic) bond motifs is 16. The van der Waals surface area contributed by atoms with E-state index in [1.165, 1.54) is 44.5 Å². The molecule has 0 amide bonds. The minimum Gasteiger partial charge on any atom is -0.497 e. The fourth-order valence-corrected chi connectivity index (χ4v) is 9.50. The molecule has 60 heavy (non-hydrogen) atoms. The molecular formula is C53H35N5OPd. The molecule has 0 aliphatic rings. The quantitative estimate of drug-likeness (QED) is 0.100. The Kier molecular flexibility index (Phi) is 8.19. The average molecular weight is 864 g/mol. The Balaban J connectivity index is 0.00000408. The molecule has 0 radical (unpaired) electrons. The monoisotopic (exact) mass is 863 g/mol. The molecule has 0 fully saturated rings. The van der Waals surface area contributed by atoms with Gasteiger partial charge in [0.15, 0.2) is 0 Å². The van der Waals surface area contributed by atoms with Crippen molar-refractivity contribution < 1.29 is 25.2 Å². The van der Waals surface area contributed by atoms with Crippen molar-refractivity contribution in [2.75, 3.05) is 0 Å². The van der Waals surface area contributed by atoms with Crippen LogP contribution in [0.4, 0.5) is 0 Å². The van der Waals surface area contributed by atoms with Crippen molar-refractivity contribution in [2.24, 2.45) is 0 Å². The first-order valence-electron chi connectivity index (χ1n) is 20.0. The van der Waals surface area contributed by atoms with Crippen LogP contribution in [0.25, 0.3) is 99.1 Å². The van der Waals surface area contributed by atoms with Gasteiger partial charge < -0.3 is 13.5 Å². The zero-order valence-electron chi connectivity index (χ0n) is 33.2. The van der Waals surface area contributed by atoms with E-state index < -0.39 is 0 Å². The van der Waals surface area contributed by atoms with Crippen molar-refractivity contribution in [2.45, 2.75) is 27.7 Å². The number of pyridine rings is 3. The van der Waals surface area contributed by atoms with E-state index in [9.17, 15) is 0 Å². The Morgan fingerprint density at radius 3 is 1.57 bits per heavy atom. The third-order valence-corrected chi connectivity index (χ3v) is 12.1. The fourth-order valence-electron chi connectivity index (χ4n) is 9.50. The summed E-state index contributed by atoms with van der Waals surface area (Å²) in [5.41, 5.74) is 17.4. The van der Waals surface area contributed by atoms with Gasteiger partial charge in [0, 0.05) is 23.2 Å². The molecule has 0 aliphatic heterocycles. The number of aryl methyl sites for hydroxylation is 4. The van der Waals surface area contributed by atoms with Crippen molar-refractivity contribution in [1.29, 1.82) is 0 Å².